The number of aromatic nitrogens is 1. The number of rotatable bonds is 17. The maximum absolute atomic E-state index is 4.74. The summed E-state index contributed by atoms with van der Waals surface area (Å²) in [6.07, 6.45) is 16.4. The first-order valence-electron chi connectivity index (χ1n) is 13.0. The van der Waals surface area contributed by atoms with Gasteiger partial charge in [0.05, 0.1) is 11.4 Å². The van der Waals surface area contributed by atoms with Crippen molar-refractivity contribution in [3.05, 3.63) is 109 Å². The molecule has 7 heteroatoms. The molecule has 1 aliphatic rings. The SMILES string of the molecule is C=CNCCC(CC/C(=C/C=N\CNC1=CC=CCC1)N=C)NC(=C)c1cccc(Nc2ccccc2)n1. The Morgan fingerprint density at radius 3 is 2.74 bits per heavy atom. The van der Waals surface area contributed by atoms with E-state index in [1.54, 1.807) is 12.4 Å². The Bertz CT molecular complexity index is 1160. The fraction of sp³-hybridized carbons (Fsp3) is 0.258. The molecule has 0 aliphatic heterocycles. The molecule has 2 aromatic rings. The van der Waals surface area contributed by atoms with Crippen molar-refractivity contribution in [3.8, 4) is 0 Å². The maximum atomic E-state index is 4.74. The van der Waals surface area contributed by atoms with E-state index in [-0.39, 0.29) is 6.04 Å². The van der Waals surface area contributed by atoms with E-state index in [2.05, 4.69) is 69.4 Å². The van der Waals surface area contributed by atoms with Gasteiger partial charge in [0.15, 0.2) is 0 Å². The highest BCUT2D eigenvalue weighted by atomic mass is 15.0. The van der Waals surface area contributed by atoms with Gasteiger partial charge in [-0.2, -0.15) is 0 Å². The van der Waals surface area contributed by atoms with Gasteiger partial charge in [0, 0.05) is 35.9 Å². The molecule has 7 nitrogen and oxygen atoms in total. The number of anilines is 2. The van der Waals surface area contributed by atoms with Crippen molar-refractivity contribution in [2.45, 2.75) is 38.1 Å². The lowest BCUT2D eigenvalue weighted by Gasteiger charge is -2.21. The Hall–Kier alpha value is -4.39. The molecule has 1 aromatic carbocycles. The van der Waals surface area contributed by atoms with Gasteiger partial charge in [0.1, 0.15) is 12.5 Å². The average molecular weight is 510 g/mol. The molecule has 1 heterocycles. The Balaban J connectivity index is 1.55. The summed E-state index contributed by atoms with van der Waals surface area (Å²) in [4.78, 5) is 13.4. The minimum Gasteiger partial charge on any atom is -0.391 e. The van der Waals surface area contributed by atoms with Gasteiger partial charge < -0.3 is 21.3 Å². The van der Waals surface area contributed by atoms with E-state index in [1.165, 1.54) is 5.70 Å². The number of para-hydroxylation sites is 1. The van der Waals surface area contributed by atoms with Crippen LogP contribution in [0, 0.1) is 0 Å². The molecule has 1 aromatic heterocycles. The fourth-order valence-electron chi connectivity index (χ4n) is 3.94. The van der Waals surface area contributed by atoms with Crippen LogP contribution in [0.2, 0.25) is 0 Å². The van der Waals surface area contributed by atoms with E-state index in [1.807, 2.05) is 54.6 Å². The van der Waals surface area contributed by atoms with Crippen LogP contribution < -0.4 is 21.3 Å². The zero-order chi connectivity index (χ0) is 26.8. The summed E-state index contributed by atoms with van der Waals surface area (Å²) in [5, 5.41) is 13.4. The summed E-state index contributed by atoms with van der Waals surface area (Å²) < 4.78 is 0. The Kier molecular flexibility index (Phi) is 12.1. The fourth-order valence-corrected chi connectivity index (χ4v) is 3.94. The Labute approximate surface area is 227 Å². The van der Waals surface area contributed by atoms with Crippen molar-refractivity contribution in [1.82, 2.24) is 20.9 Å². The summed E-state index contributed by atoms with van der Waals surface area (Å²) in [6.45, 7) is 13.1. The second-order valence-electron chi connectivity index (χ2n) is 8.85. The third-order valence-electron chi connectivity index (χ3n) is 6.00. The summed E-state index contributed by atoms with van der Waals surface area (Å²) in [7, 11) is 0. The minimum atomic E-state index is 0.164. The molecular weight excluding hydrogens is 470 g/mol. The molecule has 0 saturated heterocycles. The number of aliphatic imine (C=N–C) groups is 2. The monoisotopic (exact) mass is 509 g/mol. The van der Waals surface area contributed by atoms with Crippen molar-refractivity contribution in [3.63, 3.8) is 0 Å². The van der Waals surface area contributed by atoms with Crippen molar-refractivity contribution in [2.24, 2.45) is 9.98 Å². The number of benzene rings is 1. The van der Waals surface area contributed by atoms with Crippen LogP contribution in [-0.4, -0.2) is 37.2 Å². The molecular formula is C31H39N7. The van der Waals surface area contributed by atoms with E-state index in [4.69, 9.17) is 4.98 Å². The third-order valence-corrected chi connectivity index (χ3v) is 6.00. The summed E-state index contributed by atoms with van der Waals surface area (Å²) >= 11 is 0. The predicted octanol–water partition coefficient (Wildman–Crippen LogP) is 6.09. The molecule has 0 fully saturated rings. The lowest BCUT2D eigenvalue weighted by molar-refractivity contribution is 0.505. The normalized spacial score (nSPS) is 13.9. The topological polar surface area (TPSA) is 85.7 Å². The minimum absolute atomic E-state index is 0.164. The second kappa shape index (κ2) is 16.4. The van der Waals surface area contributed by atoms with Gasteiger partial charge in [-0.3, -0.25) is 9.98 Å². The van der Waals surface area contributed by atoms with Crippen molar-refractivity contribution < 1.29 is 0 Å². The zero-order valence-corrected chi connectivity index (χ0v) is 22.1. The van der Waals surface area contributed by atoms with E-state index in [0.717, 1.165) is 67.2 Å². The summed E-state index contributed by atoms with van der Waals surface area (Å²) in [6, 6.07) is 16.0. The molecule has 1 atom stereocenters. The first kappa shape index (κ1) is 28.2. The summed E-state index contributed by atoms with van der Waals surface area (Å²) in [5.41, 5.74) is 4.68. The molecule has 0 bridgehead atoms. The Morgan fingerprint density at radius 2 is 1.97 bits per heavy atom. The van der Waals surface area contributed by atoms with E-state index in [9.17, 15) is 0 Å². The van der Waals surface area contributed by atoms with Gasteiger partial charge in [-0.25, -0.2) is 4.98 Å². The molecule has 38 heavy (non-hydrogen) atoms. The quantitative estimate of drug-likeness (QED) is 0.153. The average Bonchev–Trinajstić information content (AvgIpc) is 2.95. The summed E-state index contributed by atoms with van der Waals surface area (Å²) in [5.74, 6) is 0.771. The van der Waals surface area contributed by atoms with Gasteiger partial charge >= 0.3 is 0 Å². The van der Waals surface area contributed by atoms with Gasteiger partial charge in [-0.05, 0) is 81.4 Å². The zero-order valence-electron chi connectivity index (χ0n) is 22.1. The second-order valence-corrected chi connectivity index (χ2v) is 8.85. The van der Waals surface area contributed by atoms with Crippen molar-refractivity contribution >= 4 is 30.1 Å². The molecule has 3 rings (SSSR count). The molecule has 1 aliphatic carbocycles. The Morgan fingerprint density at radius 1 is 1.11 bits per heavy atom. The molecule has 198 valence electrons. The van der Waals surface area contributed by atoms with E-state index in [0.29, 0.717) is 6.67 Å². The highest BCUT2D eigenvalue weighted by molar-refractivity contribution is 5.72. The molecule has 0 radical (unpaired) electrons. The number of hydrogen-bond donors (Lipinski definition) is 4. The predicted molar refractivity (Wildman–Crippen MR) is 163 cm³/mol. The highest BCUT2D eigenvalue weighted by Gasteiger charge is 2.12. The molecule has 1 unspecified atom stereocenters. The van der Waals surface area contributed by atoms with Crippen LogP contribution in [0.25, 0.3) is 5.70 Å². The lowest BCUT2D eigenvalue weighted by Crippen LogP contribution is -2.30. The van der Waals surface area contributed by atoms with Gasteiger partial charge in [-0.15, -0.1) is 0 Å². The number of allylic oxidation sites excluding steroid dienone is 6. The van der Waals surface area contributed by atoms with Crippen LogP contribution in [0.4, 0.5) is 11.5 Å². The maximum Gasteiger partial charge on any atom is 0.131 e. The molecule has 4 N–H and O–H groups in total. The first-order chi connectivity index (χ1) is 18.7. The largest absolute Gasteiger partial charge is 0.391 e. The molecule has 0 saturated carbocycles. The number of nitrogens with one attached hydrogen (secondary N) is 4. The van der Waals surface area contributed by atoms with Crippen LogP contribution in [-0.2, 0) is 0 Å². The number of nitrogens with zero attached hydrogens (tertiary/aromatic N) is 3. The molecule has 0 amide bonds. The van der Waals surface area contributed by atoms with Crippen LogP contribution in [0.15, 0.2) is 114 Å². The number of hydrogen-bond acceptors (Lipinski definition) is 7. The van der Waals surface area contributed by atoms with Crippen LogP contribution in [0.5, 0.6) is 0 Å². The van der Waals surface area contributed by atoms with Crippen LogP contribution >= 0.6 is 0 Å². The van der Waals surface area contributed by atoms with Crippen molar-refractivity contribution in [2.75, 3.05) is 18.5 Å². The number of pyridine rings is 1. The van der Waals surface area contributed by atoms with Gasteiger partial charge in [0.25, 0.3) is 0 Å². The molecule has 0 spiro atoms. The van der Waals surface area contributed by atoms with E-state index >= 15 is 0 Å². The standard InChI is InChI=1S/C31H39N7/c1-4-33-22-21-29(19-18-26(32-3)20-23-34-24-35-27-12-7-5-8-13-27)36-25(2)30-16-11-17-31(38-30)37-28-14-9-6-10-15-28/h4-7,9-12,14-17,20,23,29,33,35-36H,1-3,8,13,18-19,21-22,24H2,(H,37,38)/b26-20-,34-23-. The first-order valence-corrected chi connectivity index (χ1v) is 13.0. The smallest absolute Gasteiger partial charge is 0.131 e. The third kappa shape index (κ3) is 10.3. The van der Waals surface area contributed by atoms with Crippen LogP contribution in [0.1, 0.15) is 37.8 Å². The van der Waals surface area contributed by atoms with Gasteiger partial charge in [-0.1, -0.05) is 49.6 Å². The van der Waals surface area contributed by atoms with Gasteiger partial charge in [0.2, 0.25) is 0 Å². The van der Waals surface area contributed by atoms with E-state index < -0.39 is 0 Å². The highest BCUT2D eigenvalue weighted by Crippen LogP contribution is 2.18. The van der Waals surface area contributed by atoms with Crippen molar-refractivity contribution in [1.29, 1.82) is 0 Å². The lowest BCUT2D eigenvalue weighted by atomic mass is 10.1. The van der Waals surface area contributed by atoms with Crippen LogP contribution in [0.3, 0.4) is 0 Å².